The minimum atomic E-state index is -0.441. The summed E-state index contributed by atoms with van der Waals surface area (Å²) < 4.78 is 20.8. The third-order valence-electron chi connectivity index (χ3n) is 3.68. The predicted molar refractivity (Wildman–Crippen MR) is 104 cm³/mol. The molecule has 0 bridgehead atoms. The molecule has 0 amide bonds. The van der Waals surface area contributed by atoms with E-state index in [-0.39, 0.29) is 5.89 Å². The second kappa shape index (κ2) is 8.83. The number of benzene rings is 2. The normalized spacial score (nSPS) is 10.7. The van der Waals surface area contributed by atoms with Gasteiger partial charge in [0.05, 0.1) is 12.7 Å². The molecule has 0 fully saturated rings. The van der Waals surface area contributed by atoms with Gasteiger partial charge in [0.1, 0.15) is 5.75 Å². The molecule has 3 rings (SSSR count). The summed E-state index contributed by atoms with van der Waals surface area (Å²) in [7, 11) is 1.49. The van der Waals surface area contributed by atoms with Crippen LogP contribution in [0.3, 0.4) is 0 Å². The third-order valence-corrected chi connectivity index (χ3v) is 3.68. The van der Waals surface area contributed by atoms with Crippen molar-refractivity contribution in [3.8, 4) is 28.7 Å². The fraction of sp³-hybridized carbons (Fsp3) is 0.143. The van der Waals surface area contributed by atoms with Gasteiger partial charge in [0.2, 0.25) is 0 Å². The fourth-order valence-electron chi connectivity index (χ4n) is 2.50. The molecule has 8 nitrogen and oxygen atoms in total. The van der Waals surface area contributed by atoms with Gasteiger partial charge in [0.15, 0.2) is 17.3 Å². The van der Waals surface area contributed by atoms with Crippen molar-refractivity contribution in [3.63, 3.8) is 0 Å². The van der Waals surface area contributed by atoms with Gasteiger partial charge in [-0.1, -0.05) is 29.4 Å². The Balaban J connectivity index is 1.81. The molecule has 0 unspecified atom stereocenters. The van der Waals surface area contributed by atoms with Crippen molar-refractivity contribution in [2.75, 3.05) is 7.11 Å². The average Bonchev–Trinajstić information content (AvgIpc) is 3.15. The largest absolute Gasteiger partial charge is 0.493 e. The monoisotopic (exact) mass is 394 g/mol. The molecule has 1 heterocycles. The molecule has 0 radical (unpaired) electrons. The summed E-state index contributed by atoms with van der Waals surface area (Å²) >= 11 is 0. The minimum Gasteiger partial charge on any atom is -0.493 e. The number of aromatic nitrogens is 2. The van der Waals surface area contributed by atoms with Gasteiger partial charge in [-0.05, 0) is 35.9 Å². The van der Waals surface area contributed by atoms with Crippen LogP contribution in [0.25, 0.3) is 23.6 Å². The lowest BCUT2D eigenvalue weighted by Gasteiger charge is -2.08. The van der Waals surface area contributed by atoms with E-state index in [1.807, 2.05) is 0 Å². The zero-order chi connectivity index (χ0) is 20.8. The van der Waals surface area contributed by atoms with E-state index in [4.69, 9.17) is 18.7 Å². The zero-order valence-electron chi connectivity index (χ0n) is 16.0. The third kappa shape index (κ3) is 5.07. The molecular weight excluding hydrogens is 376 g/mol. The van der Waals surface area contributed by atoms with Crippen LogP contribution >= 0.6 is 0 Å². The fourth-order valence-corrected chi connectivity index (χ4v) is 2.50. The van der Waals surface area contributed by atoms with E-state index in [1.54, 1.807) is 54.6 Å². The van der Waals surface area contributed by atoms with Crippen molar-refractivity contribution < 1.29 is 28.3 Å². The number of para-hydroxylation sites is 1. The number of methoxy groups -OCH3 is 1. The highest BCUT2D eigenvalue weighted by Crippen LogP contribution is 2.30. The van der Waals surface area contributed by atoms with Crippen LogP contribution in [0.5, 0.6) is 17.2 Å². The van der Waals surface area contributed by atoms with Crippen molar-refractivity contribution in [1.82, 2.24) is 10.1 Å². The lowest BCUT2D eigenvalue weighted by Crippen LogP contribution is -2.02. The maximum Gasteiger partial charge on any atom is 0.308 e. The van der Waals surface area contributed by atoms with Crippen LogP contribution < -0.4 is 14.2 Å². The Kier molecular flexibility index (Phi) is 6.03. The quantitative estimate of drug-likeness (QED) is 0.460. The molecule has 8 heteroatoms. The Morgan fingerprint density at radius 1 is 0.931 bits per heavy atom. The molecule has 0 N–H and O–H groups in total. The molecule has 0 saturated carbocycles. The van der Waals surface area contributed by atoms with Crippen LogP contribution in [-0.2, 0) is 9.59 Å². The highest BCUT2D eigenvalue weighted by atomic mass is 16.6. The molecule has 3 aromatic rings. The van der Waals surface area contributed by atoms with Gasteiger partial charge in [-0.3, -0.25) is 9.59 Å². The summed E-state index contributed by atoms with van der Waals surface area (Å²) in [5.41, 5.74) is 1.30. The van der Waals surface area contributed by atoms with Crippen LogP contribution in [0.2, 0.25) is 0 Å². The van der Waals surface area contributed by atoms with Gasteiger partial charge >= 0.3 is 11.9 Å². The number of ether oxygens (including phenoxy) is 3. The van der Waals surface area contributed by atoms with Gasteiger partial charge in [-0.15, -0.1) is 0 Å². The standard InChI is InChI=1S/C21H18N2O6/c1-13(24)27-17-7-5-4-6-16(17)21-22-20(23-29-21)11-9-15-8-10-18(28-14(2)25)19(12-15)26-3/h4-12H,1-3H3. The van der Waals surface area contributed by atoms with Gasteiger partial charge in [-0.2, -0.15) is 4.98 Å². The van der Waals surface area contributed by atoms with Crippen LogP contribution in [0.4, 0.5) is 0 Å². The lowest BCUT2D eigenvalue weighted by atomic mass is 10.2. The van der Waals surface area contributed by atoms with E-state index in [2.05, 4.69) is 10.1 Å². The number of hydrogen-bond acceptors (Lipinski definition) is 8. The van der Waals surface area contributed by atoms with E-state index in [0.29, 0.717) is 28.6 Å². The first-order chi connectivity index (χ1) is 14.0. The first kappa shape index (κ1) is 19.8. The van der Waals surface area contributed by atoms with Gasteiger partial charge < -0.3 is 18.7 Å². The molecular formula is C21H18N2O6. The average molecular weight is 394 g/mol. The number of carbonyl (C=O) groups excluding carboxylic acids is 2. The topological polar surface area (TPSA) is 101 Å². The smallest absolute Gasteiger partial charge is 0.308 e. The van der Waals surface area contributed by atoms with Crippen LogP contribution in [0.1, 0.15) is 25.2 Å². The lowest BCUT2D eigenvalue weighted by molar-refractivity contribution is -0.132. The molecule has 0 aliphatic heterocycles. The Hall–Kier alpha value is -3.94. The minimum absolute atomic E-state index is 0.226. The summed E-state index contributed by atoms with van der Waals surface area (Å²) in [4.78, 5) is 26.7. The van der Waals surface area contributed by atoms with Crippen molar-refractivity contribution in [3.05, 3.63) is 53.9 Å². The van der Waals surface area contributed by atoms with Gasteiger partial charge in [0.25, 0.3) is 5.89 Å². The number of rotatable bonds is 6. The summed E-state index contributed by atoms with van der Waals surface area (Å²) in [5.74, 6) is 0.783. The van der Waals surface area contributed by atoms with E-state index in [9.17, 15) is 9.59 Å². The predicted octanol–water partition coefficient (Wildman–Crippen LogP) is 3.77. The highest BCUT2D eigenvalue weighted by Gasteiger charge is 2.14. The van der Waals surface area contributed by atoms with E-state index in [0.717, 1.165) is 5.56 Å². The first-order valence-electron chi connectivity index (χ1n) is 8.62. The van der Waals surface area contributed by atoms with Gasteiger partial charge in [-0.25, -0.2) is 0 Å². The summed E-state index contributed by atoms with van der Waals surface area (Å²) in [6.07, 6.45) is 3.41. The Morgan fingerprint density at radius 3 is 2.38 bits per heavy atom. The number of carbonyl (C=O) groups is 2. The molecule has 0 aliphatic rings. The van der Waals surface area contributed by atoms with Crippen LogP contribution in [-0.4, -0.2) is 29.2 Å². The molecule has 0 spiro atoms. The summed E-state index contributed by atoms with van der Waals surface area (Å²) in [5, 5.41) is 3.91. The van der Waals surface area contributed by atoms with Gasteiger partial charge in [0, 0.05) is 13.8 Å². The Morgan fingerprint density at radius 2 is 1.66 bits per heavy atom. The van der Waals surface area contributed by atoms with E-state index >= 15 is 0 Å². The van der Waals surface area contributed by atoms with E-state index in [1.165, 1.54) is 21.0 Å². The molecule has 148 valence electrons. The Labute approximate surface area is 166 Å². The summed E-state index contributed by atoms with van der Waals surface area (Å²) in [6, 6.07) is 12.0. The number of nitrogens with zero attached hydrogens (tertiary/aromatic N) is 2. The first-order valence-corrected chi connectivity index (χ1v) is 8.62. The van der Waals surface area contributed by atoms with Crippen LogP contribution in [0.15, 0.2) is 47.0 Å². The van der Waals surface area contributed by atoms with Crippen molar-refractivity contribution in [2.45, 2.75) is 13.8 Å². The second-order valence-corrected chi connectivity index (χ2v) is 5.88. The van der Waals surface area contributed by atoms with E-state index < -0.39 is 11.9 Å². The maximum atomic E-state index is 11.3. The SMILES string of the molecule is COc1cc(C=Cc2noc(-c3ccccc3OC(C)=O)n2)ccc1OC(C)=O. The van der Waals surface area contributed by atoms with Crippen molar-refractivity contribution in [2.24, 2.45) is 0 Å². The molecule has 1 aromatic heterocycles. The number of esters is 2. The molecule has 0 aliphatic carbocycles. The van der Waals surface area contributed by atoms with Crippen molar-refractivity contribution >= 4 is 24.1 Å². The zero-order valence-corrected chi connectivity index (χ0v) is 16.0. The highest BCUT2D eigenvalue weighted by molar-refractivity contribution is 5.75. The molecule has 0 atom stereocenters. The molecule has 2 aromatic carbocycles. The van der Waals surface area contributed by atoms with Crippen molar-refractivity contribution in [1.29, 1.82) is 0 Å². The molecule has 0 saturated heterocycles. The summed E-state index contributed by atoms with van der Waals surface area (Å²) in [6.45, 7) is 2.64. The maximum absolute atomic E-state index is 11.3. The number of hydrogen-bond donors (Lipinski definition) is 0. The second-order valence-electron chi connectivity index (χ2n) is 5.88. The van der Waals surface area contributed by atoms with Crippen LogP contribution in [0, 0.1) is 0 Å². The molecule has 29 heavy (non-hydrogen) atoms. The Bertz CT molecular complexity index is 1070.